The zero-order valence-electron chi connectivity index (χ0n) is 14.0. The van der Waals surface area contributed by atoms with E-state index in [2.05, 4.69) is 20.9 Å². The summed E-state index contributed by atoms with van der Waals surface area (Å²) in [5, 5.41) is 12.8. The third-order valence-corrected chi connectivity index (χ3v) is 3.84. The Bertz CT molecular complexity index is 717. The molecule has 2 N–H and O–H groups in total. The molecule has 0 saturated carbocycles. The monoisotopic (exact) mass is 352 g/mol. The van der Waals surface area contributed by atoms with Crippen LogP contribution in [0.3, 0.4) is 0 Å². The van der Waals surface area contributed by atoms with Crippen LogP contribution in [0.1, 0.15) is 32.2 Å². The maximum Gasteiger partial charge on any atom is 0.236 e. The van der Waals surface area contributed by atoms with Crippen molar-refractivity contribution < 1.29 is 18.6 Å². The summed E-state index contributed by atoms with van der Waals surface area (Å²) in [6, 6.07) is 3.31. The minimum atomic E-state index is -0.262. The molecule has 0 unspecified atom stereocenters. The quantitative estimate of drug-likeness (QED) is 0.822. The largest absolute Gasteiger partial charge is 0.360 e. The second-order valence-corrected chi connectivity index (χ2v) is 7.22. The molecule has 0 saturated heterocycles. The predicted molar refractivity (Wildman–Crippen MR) is 91.0 cm³/mol. The molecule has 0 atom stereocenters. The maximum absolute atomic E-state index is 11.8. The lowest BCUT2D eigenvalue weighted by atomic mass is 9.92. The van der Waals surface area contributed by atoms with Crippen molar-refractivity contribution >= 4 is 35.3 Å². The number of thioether (sulfide) groups is 1. The van der Waals surface area contributed by atoms with Crippen molar-refractivity contribution in [3.05, 3.63) is 23.6 Å². The molecule has 9 heteroatoms. The van der Waals surface area contributed by atoms with Crippen LogP contribution in [0.2, 0.25) is 0 Å². The van der Waals surface area contributed by atoms with E-state index in [1.165, 1.54) is 11.8 Å². The van der Waals surface area contributed by atoms with Gasteiger partial charge in [0.1, 0.15) is 5.76 Å². The molecular weight excluding hydrogens is 332 g/mol. The predicted octanol–water partition coefficient (Wildman–Crippen LogP) is 2.58. The molecule has 2 aromatic rings. The number of aryl methyl sites for hydroxylation is 1. The molecule has 8 nitrogen and oxygen atoms in total. The average molecular weight is 352 g/mol. The Hall–Kier alpha value is -2.29. The zero-order valence-corrected chi connectivity index (χ0v) is 14.8. The second-order valence-electron chi connectivity index (χ2n) is 6.24. The van der Waals surface area contributed by atoms with Crippen LogP contribution in [0.25, 0.3) is 0 Å². The van der Waals surface area contributed by atoms with Gasteiger partial charge in [0.25, 0.3) is 0 Å². The number of hydrogen-bond donors (Lipinski definition) is 2. The van der Waals surface area contributed by atoms with Gasteiger partial charge in [-0.25, -0.2) is 0 Å². The number of amides is 2. The highest BCUT2D eigenvalue weighted by atomic mass is 32.2. The zero-order chi connectivity index (χ0) is 17.7. The van der Waals surface area contributed by atoms with Crippen molar-refractivity contribution in [1.82, 2.24) is 10.3 Å². The van der Waals surface area contributed by atoms with E-state index in [1.54, 1.807) is 19.1 Å². The first-order valence-corrected chi connectivity index (χ1v) is 8.47. The second kappa shape index (κ2) is 7.52. The molecule has 2 heterocycles. The summed E-state index contributed by atoms with van der Waals surface area (Å²) in [6.45, 7) is 7.74. The van der Waals surface area contributed by atoms with Gasteiger partial charge in [-0.3, -0.25) is 14.9 Å². The van der Waals surface area contributed by atoms with Crippen LogP contribution >= 0.6 is 11.8 Å². The standard InChI is InChI=1S/C15H20N4O4S/c1-9-5-11(19-22-9)16-12(20)7-24-8-13(21)17-14-6-10(18-23-14)15(2,3)4/h5-6H,7-8H2,1-4H3,(H,17,21)(H,16,19,20). The van der Waals surface area contributed by atoms with E-state index >= 15 is 0 Å². The minimum absolute atomic E-state index is 0.122. The van der Waals surface area contributed by atoms with Crippen molar-refractivity contribution in [3.63, 3.8) is 0 Å². The first kappa shape index (κ1) is 18.1. The Labute approximate surface area is 143 Å². The van der Waals surface area contributed by atoms with Gasteiger partial charge in [0.2, 0.25) is 17.7 Å². The fourth-order valence-corrected chi connectivity index (χ4v) is 2.32. The number of aromatic nitrogens is 2. The van der Waals surface area contributed by atoms with Crippen LogP contribution in [0.5, 0.6) is 0 Å². The minimum Gasteiger partial charge on any atom is -0.360 e. The maximum atomic E-state index is 11.8. The smallest absolute Gasteiger partial charge is 0.236 e. The number of anilines is 2. The molecule has 0 radical (unpaired) electrons. The van der Waals surface area contributed by atoms with E-state index in [0.29, 0.717) is 17.5 Å². The van der Waals surface area contributed by atoms with Crippen LogP contribution in [0.4, 0.5) is 11.7 Å². The summed E-state index contributed by atoms with van der Waals surface area (Å²) in [4.78, 5) is 23.5. The van der Waals surface area contributed by atoms with E-state index in [4.69, 9.17) is 9.05 Å². The Morgan fingerprint density at radius 1 is 1.08 bits per heavy atom. The van der Waals surface area contributed by atoms with Crippen LogP contribution in [-0.2, 0) is 15.0 Å². The van der Waals surface area contributed by atoms with Crippen molar-refractivity contribution in [2.45, 2.75) is 33.1 Å². The molecule has 130 valence electrons. The first-order valence-electron chi connectivity index (χ1n) is 7.32. The van der Waals surface area contributed by atoms with E-state index in [-0.39, 0.29) is 28.7 Å². The van der Waals surface area contributed by atoms with Gasteiger partial charge in [-0.1, -0.05) is 31.1 Å². The van der Waals surface area contributed by atoms with E-state index in [1.807, 2.05) is 20.8 Å². The van der Waals surface area contributed by atoms with Gasteiger partial charge >= 0.3 is 0 Å². The molecule has 24 heavy (non-hydrogen) atoms. The summed E-state index contributed by atoms with van der Waals surface area (Å²) < 4.78 is 9.93. The summed E-state index contributed by atoms with van der Waals surface area (Å²) in [5.41, 5.74) is 0.603. The lowest BCUT2D eigenvalue weighted by Gasteiger charge is -2.12. The Kier molecular flexibility index (Phi) is 5.66. The van der Waals surface area contributed by atoms with Gasteiger partial charge in [-0.2, -0.15) is 0 Å². The van der Waals surface area contributed by atoms with E-state index < -0.39 is 0 Å². The summed E-state index contributed by atoms with van der Waals surface area (Å²) in [7, 11) is 0. The normalized spacial score (nSPS) is 11.3. The molecule has 0 aliphatic heterocycles. The first-order chi connectivity index (χ1) is 11.2. The number of carbonyl (C=O) groups is 2. The Morgan fingerprint density at radius 2 is 1.75 bits per heavy atom. The third-order valence-electron chi connectivity index (χ3n) is 2.90. The number of hydrogen-bond acceptors (Lipinski definition) is 7. The number of rotatable bonds is 6. The molecule has 2 amide bonds. The number of carbonyl (C=O) groups excluding carboxylic acids is 2. The van der Waals surface area contributed by atoms with Crippen molar-refractivity contribution in [2.24, 2.45) is 0 Å². The Morgan fingerprint density at radius 3 is 2.29 bits per heavy atom. The average Bonchev–Trinajstić information content (AvgIpc) is 3.07. The molecule has 2 aromatic heterocycles. The summed E-state index contributed by atoms with van der Waals surface area (Å²) >= 11 is 1.18. The topological polar surface area (TPSA) is 110 Å². The molecule has 2 rings (SSSR count). The highest BCUT2D eigenvalue weighted by Gasteiger charge is 2.19. The van der Waals surface area contributed by atoms with Gasteiger partial charge in [-0.15, -0.1) is 11.8 Å². The van der Waals surface area contributed by atoms with Crippen LogP contribution < -0.4 is 10.6 Å². The molecule has 0 fully saturated rings. The van der Waals surface area contributed by atoms with Crippen molar-refractivity contribution in [2.75, 3.05) is 22.1 Å². The number of nitrogens with zero attached hydrogens (tertiary/aromatic N) is 2. The van der Waals surface area contributed by atoms with Crippen LogP contribution in [0, 0.1) is 6.92 Å². The molecule has 0 spiro atoms. The summed E-state index contributed by atoms with van der Waals surface area (Å²) in [5.74, 6) is 1.00. The molecular formula is C15H20N4O4S. The molecule has 0 aromatic carbocycles. The lowest BCUT2D eigenvalue weighted by molar-refractivity contribution is -0.114. The highest BCUT2D eigenvalue weighted by molar-refractivity contribution is 8.00. The SMILES string of the molecule is Cc1cc(NC(=O)CSCC(=O)Nc2cc(C(C)(C)C)no2)no1. The fourth-order valence-electron chi connectivity index (χ4n) is 1.70. The van der Waals surface area contributed by atoms with Crippen molar-refractivity contribution in [1.29, 1.82) is 0 Å². The van der Waals surface area contributed by atoms with Gasteiger partial charge in [0.05, 0.1) is 17.2 Å². The van der Waals surface area contributed by atoms with Crippen molar-refractivity contribution in [3.8, 4) is 0 Å². The van der Waals surface area contributed by atoms with E-state index in [0.717, 1.165) is 5.69 Å². The van der Waals surface area contributed by atoms with Gasteiger partial charge in [0.15, 0.2) is 5.82 Å². The summed E-state index contributed by atoms with van der Waals surface area (Å²) in [6.07, 6.45) is 0. The molecule has 0 bridgehead atoms. The van der Waals surface area contributed by atoms with Gasteiger partial charge in [0, 0.05) is 17.5 Å². The van der Waals surface area contributed by atoms with E-state index in [9.17, 15) is 9.59 Å². The Balaban J connectivity index is 1.71. The number of nitrogens with one attached hydrogen (secondary N) is 2. The fraction of sp³-hybridized carbons (Fsp3) is 0.467. The van der Waals surface area contributed by atoms with Crippen LogP contribution in [0.15, 0.2) is 21.2 Å². The lowest BCUT2D eigenvalue weighted by Crippen LogP contribution is -2.18. The van der Waals surface area contributed by atoms with Gasteiger partial charge in [-0.05, 0) is 6.92 Å². The third kappa shape index (κ3) is 5.41. The van der Waals surface area contributed by atoms with Gasteiger partial charge < -0.3 is 14.4 Å². The molecule has 0 aliphatic rings. The highest BCUT2D eigenvalue weighted by Crippen LogP contribution is 2.23. The van der Waals surface area contributed by atoms with Crippen LogP contribution in [-0.4, -0.2) is 33.6 Å². The molecule has 0 aliphatic carbocycles.